The van der Waals surface area contributed by atoms with E-state index in [1.165, 1.54) is 0 Å². The van der Waals surface area contributed by atoms with E-state index in [1.54, 1.807) is 14.0 Å². The molecule has 2 rings (SSSR count). The van der Waals surface area contributed by atoms with Gasteiger partial charge in [0.2, 0.25) is 5.91 Å². The summed E-state index contributed by atoms with van der Waals surface area (Å²) in [5.41, 5.74) is 2.04. The monoisotopic (exact) mass is 313 g/mol. The maximum Gasteiger partial charge on any atom is 0.249 e. The number of carbonyl (C=O) groups is 1. The van der Waals surface area contributed by atoms with Crippen LogP contribution in [0.5, 0.6) is 5.75 Å². The Labute approximate surface area is 137 Å². The maximum absolute atomic E-state index is 12.2. The van der Waals surface area contributed by atoms with E-state index in [0.29, 0.717) is 6.61 Å². The molecule has 0 fully saturated rings. The fraction of sp³-hybridized carbons (Fsp3) is 0.316. The molecule has 4 heteroatoms. The van der Waals surface area contributed by atoms with Crippen LogP contribution in [0.4, 0.5) is 0 Å². The summed E-state index contributed by atoms with van der Waals surface area (Å²) in [5, 5.41) is 2.97. The van der Waals surface area contributed by atoms with Crippen molar-refractivity contribution in [3.8, 4) is 5.75 Å². The summed E-state index contributed by atoms with van der Waals surface area (Å²) in [4.78, 5) is 12.2. The Morgan fingerprint density at radius 1 is 1.09 bits per heavy atom. The number of amides is 1. The molecule has 0 aliphatic carbocycles. The van der Waals surface area contributed by atoms with Gasteiger partial charge in [-0.25, -0.2) is 0 Å². The molecule has 0 bridgehead atoms. The Balaban J connectivity index is 1.85. The van der Waals surface area contributed by atoms with Gasteiger partial charge in [-0.15, -0.1) is 0 Å². The summed E-state index contributed by atoms with van der Waals surface area (Å²) < 4.78 is 10.8. The summed E-state index contributed by atoms with van der Waals surface area (Å²) in [6, 6.07) is 17.4. The van der Waals surface area contributed by atoms with E-state index in [-0.39, 0.29) is 11.9 Å². The molecule has 0 saturated carbocycles. The van der Waals surface area contributed by atoms with Gasteiger partial charge in [0, 0.05) is 0 Å². The van der Waals surface area contributed by atoms with Crippen LogP contribution in [0.15, 0.2) is 54.6 Å². The summed E-state index contributed by atoms with van der Waals surface area (Å²) in [5.74, 6) is 0.658. The van der Waals surface area contributed by atoms with Crippen molar-refractivity contribution >= 4 is 5.91 Å². The lowest BCUT2D eigenvalue weighted by molar-refractivity contribution is -0.133. The first-order valence-corrected chi connectivity index (χ1v) is 7.70. The Hall–Kier alpha value is -2.33. The molecule has 2 atom stereocenters. The van der Waals surface area contributed by atoms with Crippen LogP contribution >= 0.6 is 0 Å². The Kier molecular flexibility index (Phi) is 6.18. The lowest BCUT2D eigenvalue weighted by Crippen LogP contribution is -2.36. The Bertz CT molecular complexity index is 628. The molecular weight excluding hydrogens is 290 g/mol. The van der Waals surface area contributed by atoms with Crippen molar-refractivity contribution < 1.29 is 14.3 Å². The van der Waals surface area contributed by atoms with E-state index in [4.69, 9.17) is 9.47 Å². The van der Waals surface area contributed by atoms with E-state index in [0.717, 1.165) is 16.9 Å². The number of benzene rings is 2. The highest BCUT2D eigenvalue weighted by Gasteiger charge is 2.16. The molecule has 0 aliphatic rings. The van der Waals surface area contributed by atoms with Crippen molar-refractivity contribution in [2.24, 2.45) is 0 Å². The zero-order valence-electron chi connectivity index (χ0n) is 13.8. The van der Waals surface area contributed by atoms with Crippen LogP contribution in [0.3, 0.4) is 0 Å². The second-order valence-electron chi connectivity index (χ2n) is 5.45. The number of rotatable bonds is 7. The van der Waals surface area contributed by atoms with Gasteiger partial charge >= 0.3 is 0 Å². The third-order valence-corrected chi connectivity index (χ3v) is 3.66. The second kappa shape index (κ2) is 8.34. The van der Waals surface area contributed by atoms with E-state index in [2.05, 4.69) is 5.32 Å². The number of hydrogen-bond donors (Lipinski definition) is 1. The fourth-order valence-corrected chi connectivity index (χ4v) is 2.21. The third-order valence-electron chi connectivity index (χ3n) is 3.66. The molecule has 2 aromatic carbocycles. The predicted octanol–water partition coefficient (Wildman–Crippen LogP) is 3.48. The lowest BCUT2D eigenvalue weighted by atomic mass is 10.1. The van der Waals surface area contributed by atoms with Crippen LogP contribution in [0.1, 0.15) is 31.0 Å². The largest absolute Gasteiger partial charge is 0.497 e. The van der Waals surface area contributed by atoms with Crippen molar-refractivity contribution in [3.63, 3.8) is 0 Å². The second-order valence-corrected chi connectivity index (χ2v) is 5.45. The van der Waals surface area contributed by atoms with Gasteiger partial charge in [-0.05, 0) is 37.1 Å². The quantitative estimate of drug-likeness (QED) is 0.851. The molecule has 122 valence electrons. The van der Waals surface area contributed by atoms with Crippen molar-refractivity contribution in [1.29, 1.82) is 0 Å². The van der Waals surface area contributed by atoms with Crippen molar-refractivity contribution in [1.82, 2.24) is 5.32 Å². The number of carbonyl (C=O) groups excluding carboxylic acids is 1. The normalized spacial score (nSPS) is 13.2. The van der Waals surface area contributed by atoms with Gasteiger partial charge in [-0.1, -0.05) is 42.5 Å². The van der Waals surface area contributed by atoms with Gasteiger partial charge in [0.1, 0.15) is 11.9 Å². The van der Waals surface area contributed by atoms with Crippen molar-refractivity contribution in [2.75, 3.05) is 7.11 Å². The first-order chi connectivity index (χ1) is 11.1. The van der Waals surface area contributed by atoms with Crippen LogP contribution in [0.2, 0.25) is 0 Å². The van der Waals surface area contributed by atoms with Gasteiger partial charge in [0.05, 0.1) is 19.8 Å². The summed E-state index contributed by atoms with van der Waals surface area (Å²) in [6.45, 7) is 4.08. The zero-order valence-corrected chi connectivity index (χ0v) is 13.8. The van der Waals surface area contributed by atoms with Gasteiger partial charge in [0.25, 0.3) is 0 Å². The summed E-state index contributed by atoms with van der Waals surface area (Å²) in [6.07, 6.45) is -0.521. The van der Waals surface area contributed by atoms with Crippen LogP contribution < -0.4 is 10.1 Å². The van der Waals surface area contributed by atoms with Crippen LogP contribution in [0.25, 0.3) is 0 Å². The van der Waals surface area contributed by atoms with Crippen LogP contribution in [-0.2, 0) is 16.1 Å². The highest BCUT2D eigenvalue weighted by atomic mass is 16.5. The Morgan fingerprint density at radius 3 is 2.52 bits per heavy atom. The standard InChI is InChI=1S/C19H23NO3/c1-14(17-9-5-4-6-10-17)20-19(21)15(2)23-13-16-8-7-11-18(12-16)22-3/h4-12,14-15H,13H2,1-3H3,(H,20,21)/t14-,15-/m0/s1. The molecule has 0 radical (unpaired) electrons. The Morgan fingerprint density at radius 2 is 1.83 bits per heavy atom. The van der Waals surface area contributed by atoms with Crippen molar-refractivity contribution in [3.05, 3.63) is 65.7 Å². The zero-order chi connectivity index (χ0) is 16.7. The lowest BCUT2D eigenvalue weighted by Gasteiger charge is -2.18. The van der Waals surface area contributed by atoms with E-state index in [1.807, 2.05) is 61.5 Å². The molecular formula is C19H23NO3. The SMILES string of the molecule is COc1cccc(CO[C@@H](C)C(=O)N[C@@H](C)c2ccccc2)c1. The van der Waals surface area contributed by atoms with E-state index in [9.17, 15) is 4.79 Å². The topological polar surface area (TPSA) is 47.6 Å². The summed E-state index contributed by atoms with van der Waals surface area (Å²) >= 11 is 0. The number of ether oxygens (including phenoxy) is 2. The van der Waals surface area contributed by atoms with Crippen molar-refractivity contribution in [2.45, 2.75) is 32.6 Å². The maximum atomic E-state index is 12.2. The van der Waals surface area contributed by atoms with Gasteiger partial charge in [-0.3, -0.25) is 4.79 Å². The highest BCUT2D eigenvalue weighted by molar-refractivity contribution is 5.80. The summed E-state index contributed by atoms with van der Waals surface area (Å²) in [7, 11) is 1.63. The molecule has 0 unspecified atom stereocenters. The van der Waals surface area contributed by atoms with E-state index >= 15 is 0 Å². The number of hydrogen-bond acceptors (Lipinski definition) is 3. The molecule has 23 heavy (non-hydrogen) atoms. The minimum absolute atomic E-state index is 0.0495. The minimum atomic E-state index is -0.521. The molecule has 2 aromatic rings. The van der Waals surface area contributed by atoms with E-state index < -0.39 is 6.10 Å². The fourth-order valence-electron chi connectivity index (χ4n) is 2.21. The van der Waals surface area contributed by atoms with Gasteiger partial charge < -0.3 is 14.8 Å². The van der Waals surface area contributed by atoms with Gasteiger partial charge in [-0.2, -0.15) is 0 Å². The average Bonchev–Trinajstić information content (AvgIpc) is 2.60. The molecule has 1 N–H and O–H groups in total. The third kappa shape index (κ3) is 5.11. The molecule has 0 spiro atoms. The highest BCUT2D eigenvalue weighted by Crippen LogP contribution is 2.15. The predicted molar refractivity (Wildman–Crippen MR) is 90.2 cm³/mol. The molecule has 0 aliphatic heterocycles. The number of methoxy groups -OCH3 is 1. The van der Waals surface area contributed by atoms with Crippen LogP contribution in [0, 0.1) is 0 Å². The first-order valence-electron chi connectivity index (χ1n) is 7.70. The molecule has 0 aromatic heterocycles. The molecule has 4 nitrogen and oxygen atoms in total. The smallest absolute Gasteiger partial charge is 0.249 e. The number of nitrogens with one attached hydrogen (secondary N) is 1. The minimum Gasteiger partial charge on any atom is -0.497 e. The van der Waals surface area contributed by atoms with Crippen LogP contribution in [-0.4, -0.2) is 19.1 Å². The first kappa shape index (κ1) is 17.0. The molecule has 0 saturated heterocycles. The molecule has 1 amide bonds. The van der Waals surface area contributed by atoms with Gasteiger partial charge in [0.15, 0.2) is 0 Å². The molecule has 0 heterocycles. The average molecular weight is 313 g/mol.